The van der Waals surface area contributed by atoms with Crippen molar-refractivity contribution in [1.82, 2.24) is 4.90 Å². The molecule has 0 bridgehead atoms. The molecule has 1 aliphatic carbocycles. The molecule has 1 N–H and O–H groups in total. The fourth-order valence-corrected chi connectivity index (χ4v) is 4.06. The minimum Gasteiger partial charge on any atom is -0.481 e. The maximum Gasteiger partial charge on any atom is 0.308 e. The second kappa shape index (κ2) is 7.41. The third-order valence-corrected chi connectivity index (χ3v) is 5.24. The molecule has 1 saturated heterocycles. The van der Waals surface area contributed by atoms with E-state index >= 15 is 0 Å². The van der Waals surface area contributed by atoms with Gasteiger partial charge in [0, 0.05) is 19.7 Å². The maximum atomic E-state index is 11.6. The predicted octanol–water partition coefficient (Wildman–Crippen LogP) is 2.62. The van der Waals surface area contributed by atoms with Gasteiger partial charge in [-0.2, -0.15) is 0 Å². The van der Waals surface area contributed by atoms with Crippen molar-refractivity contribution in [2.24, 2.45) is 17.8 Å². The van der Waals surface area contributed by atoms with Gasteiger partial charge in [0.25, 0.3) is 0 Å². The molecule has 2 rings (SSSR count). The van der Waals surface area contributed by atoms with Crippen molar-refractivity contribution in [2.45, 2.75) is 51.5 Å². The topological polar surface area (TPSA) is 49.8 Å². The van der Waals surface area contributed by atoms with Gasteiger partial charge in [-0.15, -0.1) is 0 Å². The number of methoxy groups -OCH3 is 1. The molecule has 1 aliphatic heterocycles. The summed E-state index contributed by atoms with van der Waals surface area (Å²) in [5, 5.41) is 9.52. The minimum absolute atomic E-state index is 0.168. The highest BCUT2D eigenvalue weighted by Crippen LogP contribution is 2.36. The number of rotatable bonds is 5. The van der Waals surface area contributed by atoms with Crippen molar-refractivity contribution >= 4 is 5.97 Å². The van der Waals surface area contributed by atoms with Crippen LogP contribution >= 0.6 is 0 Å². The molecule has 2 fully saturated rings. The van der Waals surface area contributed by atoms with E-state index in [1.807, 2.05) is 0 Å². The van der Waals surface area contributed by atoms with Gasteiger partial charge < -0.3 is 9.84 Å². The van der Waals surface area contributed by atoms with Crippen molar-refractivity contribution in [3.8, 4) is 0 Å². The van der Waals surface area contributed by atoms with Crippen LogP contribution in [0.2, 0.25) is 0 Å². The molecule has 4 atom stereocenters. The quantitative estimate of drug-likeness (QED) is 0.842. The average Bonchev–Trinajstić information content (AvgIpc) is 2.47. The van der Waals surface area contributed by atoms with Gasteiger partial charge in [-0.05, 0) is 50.5 Å². The van der Waals surface area contributed by atoms with Gasteiger partial charge in [-0.1, -0.05) is 13.3 Å². The molecule has 4 nitrogen and oxygen atoms in total. The summed E-state index contributed by atoms with van der Waals surface area (Å²) in [6, 6.07) is 0.242. The number of piperidine rings is 1. The Bertz CT molecular complexity index is 319. The van der Waals surface area contributed by atoms with Crippen molar-refractivity contribution in [3.05, 3.63) is 0 Å². The number of aliphatic carboxylic acids is 1. The number of likely N-dealkylation sites (tertiary alicyclic amines) is 1. The first-order valence-corrected chi connectivity index (χ1v) is 8.11. The van der Waals surface area contributed by atoms with Crippen LogP contribution in [0.25, 0.3) is 0 Å². The Hall–Kier alpha value is -0.610. The Morgan fingerprint density at radius 2 is 2.10 bits per heavy atom. The zero-order valence-corrected chi connectivity index (χ0v) is 12.9. The highest BCUT2D eigenvalue weighted by atomic mass is 16.5. The monoisotopic (exact) mass is 283 g/mol. The van der Waals surface area contributed by atoms with E-state index in [1.54, 1.807) is 7.11 Å². The SMILES string of the molecule is CCC1CCC(C(=O)O)C(N2CCCC(COC)C2)C1. The molecule has 116 valence electrons. The molecule has 2 aliphatic rings. The largest absolute Gasteiger partial charge is 0.481 e. The van der Waals surface area contributed by atoms with E-state index in [1.165, 1.54) is 19.3 Å². The van der Waals surface area contributed by atoms with E-state index in [9.17, 15) is 9.90 Å². The second-order valence-corrected chi connectivity index (χ2v) is 6.56. The highest BCUT2D eigenvalue weighted by Gasteiger charge is 2.39. The van der Waals surface area contributed by atoms with Crippen LogP contribution < -0.4 is 0 Å². The number of hydrogen-bond donors (Lipinski definition) is 1. The third-order valence-electron chi connectivity index (χ3n) is 5.24. The van der Waals surface area contributed by atoms with Crippen molar-refractivity contribution in [2.75, 3.05) is 26.8 Å². The maximum absolute atomic E-state index is 11.6. The van der Waals surface area contributed by atoms with E-state index < -0.39 is 5.97 Å². The van der Waals surface area contributed by atoms with Crippen molar-refractivity contribution in [1.29, 1.82) is 0 Å². The van der Waals surface area contributed by atoms with E-state index in [4.69, 9.17) is 4.74 Å². The molecule has 0 spiro atoms. The third kappa shape index (κ3) is 3.73. The first kappa shape index (κ1) is 15.8. The minimum atomic E-state index is -0.599. The molecular weight excluding hydrogens is 254 g/mol. The van der Waals surface area contributed by atoms with Crippen LogP contribution in [0.5, 0.6) is 0 Å². The summed E-state index contributed by atoms with van der Waals surface area (Å²) in [6.07, 6.45) is 6.56. The summed E-state index contributed by atoms with van der Waals surface area (Å²) in [4.78, 5) is 14.0. The van der Waals surface area contributed by atoms with Crippen LogP contribution in [0.4, 0.5) is 0 Å². The molecule has 0 aromatic rings. The molecule has 0 aromatic heterocycles. The summed E-state index contributed by atoms with van der Waals surface area (Å²) in [7, 11) is 1.76. The van der Waals surface area contributed by atoms with Crippen LogP contribution in [0.1, 0.15) is 45.4 Å². The first-order valence-electron chi connectivity index (χ1n) is 8.11. The first-order chi connectivity index (χ1) is 9.65. The average molecular weight is 283 g/mol. The number of hydrogen-bond acceptors (Lipinski definition) is 3. The normalized spacial score (nSPS) is 35.9. The molecule has 0 amide bonds. The highest BCUT2D eigenvalue weighted by molar-refractivity contribution is 5.71. The van der Waals surface area contributed by atoms with Crippen molar-refractivity contribution in [3.63, 3.8) is 0 Å². The molecule has 0 aromatic carbocycles. The number of ether oxygens (including phenoxy) is 1. The van der Waals surface area contributed by atoms with Crippen LogP contribution in [-0.4, -0.2) is 48.8 Å². The van der Waals surface area contributed by atoms with Crippen LogP contribution in [-0.2, 0) is 9.53 Å². The van der Waals surface area contributed by atoms with Crippen LogP contribution in [0.3, 0.4) is 0 Å². The molecule has 1 saturated carbocycles. The Labute approximate surface area is 122 Å². The van der Waals surface area contributed by atoms with Gasteiger partial charge in [0.15, 0.2) is 0 Å². The number of carboxylic acid groups (broad SMARTS) is 1. The summed E-state index contributed by atoms with van der Waals surface area (Å²) in [6.45, 7) is 5.11. The smallest absolute Gasteiger partial charge is 0.308 e. The van der Waals surface area contributed by atoms with E-state index in [-0.39, 0.29) is 12.0 Å². The number of carbonyl (C=O) groups is 1. The zero-order chi connectivity index (χ0) is 14.5. The lowest BCUT2D eigenvalue weighted by Gasteiger charge is -2.44. The van der Waals surface area contributed by atoms with Gasteiger partial charge in [-0.25, -0.2) is 0 Å². The summed E-state index contributed by atoms with van der Waals surface area (Å²) in [5.74, 6) is 0.515. The van der Waals surface area contributed by atoms with Gasteiger partial charge in [0.05, 0.1) is 12.5 Å². The Kier molecular flexibility index (Phi) is 5.85. The summed E-state index contributed by atoms with van der Waals surface area (Å²) in [5.41, 5.74) is 0. The van der Waals surface area contributed by atoms with Crippen molar-refractivity contribution < 1.29 is 14.6 Å². The molecule has 4 heteroatoms. The predicted molar refractivity (Wildman–Crippen MR) is 78.7 cm³/mol. The van der Waals surface area contributed by atoms with Gasteiger partial charge >= 0.3 is 5.97 Å². The molecule has 1 heterocycles. The molecule has 0 radical (unpaired) electrons. The lowest BCUT2D eigenvalue weighted by atomic mass is 9.75. The number of carboxylic acids is 1. The van der Waals surface area contributed by atoms with Gasteiger partial charge in [0.1, 0.15) is 0 Å². The fourth-order valence-electron chi connectivity index (χ4n) is 4.06. The van der Waals surface area contributed by atoms with E-state index in [0.717, 1.165) is 39.0 Å². The molecular formula is C16H29NO3. The molecule has 20 heavy (non-hydrogen) atoms. The lowest BCUT2D eigenvalue weighted by molar-refractivity contribution is -0.146. The van der Waals surface area contributed by atoms with Gasteiger partial charge in [-0.3, -0.25) is 9.69 Å². The summed E-state index contributed by atoms with van der Waals surface area (Å²) >= 11 is 0. The zero-order valence-electron chi connectivity index (χ0n) is 12.9. The van der Waals surface area contributed by atoms with Gasteiger partial charge in [0.2, 0.25) is 0 Å². The standard InChI is InChI=1S/C16H29NO3/c1-3-12-6-7-14(16(18)19)15(9-12)17-8-4-5-13(10-17)11-20-2/h12-15H,3-11H2,1-2H3,(H,18,19). The summed E-state index contributed by atoms with van der Waals surface area (Å²) < 4.78 is 5.29. The Balaban J connectivity index is 2.03. The second-order valence-electron chi connectivity index (χ2n) is 6.56. The Morgan fingerprint density at radius 1 is 1.30 bits per heavy atom. The van der Waals surface area contributed by atoms with Crippen LogP contribution in [0, 0.1) is 17.8 Å². The lowest BCUT2D eigenvalue weighted by Crippen LogP contribution is -2.51. The van der Waals surface area contributed by atoms with E-state index in [2.05, 4.69) is 11.8 Å². The Morgan fingerprint density at radius 3 is 2.75 bits per heavy atom. The number of nitrogens with zero attached hydrogens (tertiary/aromatic N) is 1. The molecule has 4 unspecified atom stereocenters. The van der Waals surface area contributed by atoms with E-state index in [0.29, 0.717) is 11.8 Å². The fraction of sp³-hybridized carbons (Fsp3) is 0.938. The van der Waals surface area contributed by atoms with Crippen LogP contribution in [0.15, 0.2) is 0 Å².